The predicted molar refractivity (Wildman–Crippen MR) is 96.2 cm³/mol. The van der Waals surface area contributed by atoms with Crippen molar-refractivity contribution in [2.75, 3.05) is 0 Å². The van der Waals surface area contributed by atoms with E-state index in [4.69, 9.17) is 0 Å². The first-order chi connectivity index (χ1) is 17.6. The van der Waals surface area contributed by atoms with E-state index >= 15 is 0 Å². The highest BCUT2D eigenvalue weighted by molar-refractivity contribution is 5.40. The fraction of sp³-hybridized carbons (Fsp3) is 0.217. The molecule has 204 valence electrons. The average Bonchev–Trinajstić information content (AvgIpc) is 3.30. The normalized spacial score (nSPS) is 19.5. The van der Waals surface area contributed by atoms with Gasteiger partial charge in [0.15, 0.2) is 69.8 Å². The fourth-order valence-corrected chi connectivity index (χ4v) is 4.79. The van der Waals surface area contributed by atoms with E-state index in [0.717, 1.165) is 0 Å². The van der Waals surface area contributed by atoms with Crippen LogP contribution in [0, 0.1) is 87.3 Å². The van der Waals surface area contributed by atoms with Gasteiger partial charge in [0.25, 0.3) is 0 Å². The first kappa shape index (κ1) is 27.6. The van der Waals surface area contributed by atoms with Crippen LogP contribution in [-0.2, 0) is 0 Å². The van der Waals surface area contributed by atoms with Gasteiger partial charge in [0.05, 0.1) is 0 Å². The van der Waals surface area contributed by atoms with Gasteiger partial charge in [0.2, 0.25) is 17.5 Å². The van der Waals surface area contributed by atoms with E-state index in [1.807, 2.05) is 0 Å². The van der Waals surface area contributed by atoms with Crippen molar-refractivity contribution in [1.82, 2.24) is 0 Å². The van der Waals surface area contributed by atoms with Crippen LogP contribution in [0.15, 0.2) is 0 Å². The van der Waals surface area contributed by atoms with E-state index in [0.29, 0.717) is 0 Å². The zero-order valence-electron chi connectivity index (χ0n) is 17.8. The maximum absolute atomic E-state index is 14.6. The Morgan fingerprint density at radius 1 is 0.263 bits per heavy atom. The lowest BCUT2D eigenvalue weighted by Crippen LogP contribution is -2.17. The van der Waals surface area contributed by atoms with Crippen LogP contribution in [0.3, 0.4) is 0 Å². The van der Waals surface area contributed by atoms with Gasteiger partial charge in [0.1, 0.15) is 0 Å². The van der Waals surface area contributed by atoms with E-state index in [9.17, 15) is 65.9 Å². The van der Waals surface area contributed by atoms with E-state index in [2.05, 4.69) is 0 Å². The van der Waals surface area contributed by atoms with Crippen LogP contribution in [0.2, 0.25) is 0 Å². The summed E-state index contributed by atoms with van der Waals surface area (Å²) in [5.41, 5.74) is -5.41. The molecule has 0 radical (unpaired) electrons. The molecule has 38 heavy (non-hydrogen) atoms. The van der Waals surface area contributed by atoms with Crippen molar-refractivity contribution in [2.45, 2.75) is 30.6 Å². The third kappa shape index (κ3) is 3.80. The minimum absolute atomic E-state index is 1.30. The Morgan fingerprint density at radius 2 is 0.447 bits per heavy atom. The number of halogens is 15. The average molecular weight is 568 g/mol. The Hall–Kier alpha value is -3.39. The summed E-state index contributed by atoms with van der Waals surface area (Å²) in [7, 11) is 0. The molecule has 0 aromatic heterocycles. The monoisotopic (exact) mass is 568 g/mol. The molecule has 1 aliphatic carbocycles. The molecule has 0 aliphatic heterocycles. The topological polar surface area (TPSA) is 0 Å². The van der Waals surface area contributed by atoms with Crippen LogP contribution in [0.5, 0.6) is 0 Å². The zero-order valence-corrected chi connectivity index (χ0v) is 17.8. The quantitative estimate of drug-likeness (QED) is 0.170. The van der Waals surface area contributed by atoms with Gasteiger partial charge in [-0.2, -0.15) is 0 Å². The van der Waals surface area contributed by atoms with Crippen LogP contribution in [0.1, 0.15) is 47.3 Å². The molecule has 1 aliphatic rings. The van der Waals surface area contributed by atoms with E-state index in [-0.39, 0.29) is 0 Å². The van der Waals surface area contributed by atoms with E-state index < -0.39 is 135 Å². The highest BCUT2D eigenvalue weighted by Crippen LogP contribution is 2.56. The summed E-state index contributed by atoms with van der Waals surface area (Å²) in [6.45, 7) is 0. The van der Waals surface area contributed by atoms with Crippen molar-refractivity contribution >= 4 is 0 Å². The fourth-order valence-electron chi connectivity index (χ4n) is 4.79. The molecular weight excluding hydrogens is 561 g/mol. The lowest BCUT2D eigenvalue weighted by atomic mass is 9.82. The molecule has 3 aromatic carbocycles. The third-order valence-electron chi connectivity index (χ3n) is 6.44. The molecule has 0 spiro atoms. The van der Waals surface area contributed by atoms with Gasteiger partial charge in [0, 0.05) is 16.7 Å². The Morgan fingerprint density at radius 3 is 0.684 bits per heavy atom. The van der Waals surface area contributed by atoms with Gasteiger partial charge in [-0.15, -0.1) is 0 Å². The van der Waals surface area contributed by atoms with Crippen molar-refractivity contribution < 1.29 is 65.9 Å². The molecule has 3 aromatic rings. The molecule has 0 bridgehead atoms. The number of hydrogen-bond acceptors (Lipinski definition) is 0. The molecule has 0 heterocycles. The number of benzene rings is 3. The van der Waals surface area contributed by atoms with Crippen molar-refractivity contribution in [3.05, 3.63) is 104 Å². The predicted octanol–water partition coefficient (Wildman–Crippen LogP) is 8.22. The molecule has 1 fully saturated rings. The highest BCUT2D eigenvalue weighted by atomic mass is 19.2. The van der Waals surface area contributed by atoms with Crippen molar-refractivity contribution in [2.24, 2.45) is 0 Å². The van der Waals surface area contributed by atoms with Crippen LogP contribution in [0.25, 0.3) is 0 Å². The number of rotatable bonds is 3. The molecular formula is C23H7F15. The van der Waals surface area contributed by atoms with Crippen LogP contribution >= 0.6 is 0 Å². The van der Waals surface area contributed by atoms with Gasteiger partial charge in [-0.05, 0) is 30.6 Å². The maximum Gasteiger partial charge on any atom is 0.200 e. The summed E-state index contributed by atoms with van der Waals surface area (Å²) in [6, 6.07) is 0. The second-order valence-electron chi connectivity index (χ2n) is 8.33. The van der Waals surface area contributed by atoms with Gasteiger partial charge in [-0.3, -0.25) is 0 Å². The molecule has 1 saturated carbocycles. The minimum Gasteiger partial charge on any atom is -0.203 e. The lowest BCUT2D eigenvalue weighted by Gasteiger charge is -2.23. The van der Waals surface area contributed by atoms with Crippen molar-refractivity contribution in [1.29, 1.82) is 0 Å². The Labute approximate surface area is 201 Å². The van der Waals surface area contributed by atoms with Gasteiger partial charge in [-0.25, -0.2) is 65.9 Å². The first-order valence-corrected chi connectivity index (χ1v) is 10.2. The molecule has 0 nitrogen and oxygen atoms in total. The van der Waals surface area contributed by atoms with Crippen LogP contribution in [0.4, 0.5) is 65.9 Å². The van der Waals surface area contributed by atoms with Gasteiger partial charge < -0.3 is 0 Å². The van der Waals surface area contributed by atoms with Crippen LogP contribution in [-0.4, -0.2) is 0 Å². The van der Waals surface area contributed by atoms with E-state index in [1.165, 1.54) is 0 Å². The molecule has 2 unspecified atom stereocenters. The summed E-state index contributed by atoms with van der Waals surface area (Å²) >= 11 is 0. The SMILES string of the molecule is Fc1c(F)c(F)c(C2CC(c3c(F)c(F)c(F)c(F)c3F)C(c3c(F)c(F)c(F)c(F)c3F)C2)c(F)c1F. The van der Waals surface area contributed by atoms with Gasteiger partial charge >= 0.3 is 0 Å². The third-order valence-corrected chi connectivity index (χ3v) is 6.44. The lowest BCUT2D eigenvalue weighted by molar-refractivity contribution is 0.348. The Bertz CT molecular complexity index is 1330. The summed E-state index contributed by atoms with van der Waals surface area (Å²) in [5.74, 6) is -45.9. The molecule has 0 N–H and O–H groups in total. The Balaban J connectivity index is 2.03. The molecule has 15 heteroatoms. The molecule has 2 atom stereocenters. The highest BCUT2D eigenvalue weighted by Gasteiger charge is 2.47. The zero-order chi connectivity index (χ0) is 28.5. The van der Waals surface area contributed by atoms with E-state index in [1.54, 1.807) is 0 Å². The summed E-state index contributed by atoms with van der Waals surface area (Å²) in [6.07, 6.45) is -2.61. The Kier molecular flexibility index (Phi) is 6.85. The number of hydrogen-bond donors (Lipinski definition) is 0. The maximum atomic E-state index is 14.6. The van der Waals surface area contributed by atoms with Crippen molar-refractivity contribution in [3.63, 3.8) is 0 Å². The largest absolute Gasteiger partial charge is 0.203 e. The summed E-state index contributed by atoms with van der Waals surface area (Å²) < 4.78 is 211. The second kappa shape index (κ2) is 9.42. The molecule has 0 amide bonds. The standard InChI is InChI=1S/C23H7F15/c24-9-6(10(25)16(31)21(36)15(9)30)3-1-4(7-11(26)17(32)22(37)18(33)12(7)27)5(2-3)8-13(28)19(34)23(38)20(35)14(8)29/h3-5H,1-2H2. The summed E-state index contributed by atoms with van der Waals surface area (Å²) in [5, 5.41) is 0. The van der Waals surface area contributed by atoms with Crippen molar-refractivity contribution in [3.8, 4) is 0 Å². The first-order valence-electron chi connectivity index (χ1n) is 10.2. The second-order valence-corrected chi connectivity index (χ2v) is 8.33. The minimum atomic E-state index is -2.69. The van der Waals surface area contributed by atoms with Crippen LogP contribution < -0.4 is 0 Å². The molecule has 0 saturated heterocycles. The summed E-state index contributed by atoms with van der Waals surface area (Å²) in [4.78, 5) is 0. The van der Waals surface area contributed by atoms with Gasteiger partial charge in [-0.1, -0.05) is 0 Å². The smallest absolute Gasteiger partial charge is 0.200 e. The molecule has 4 rings (SSSR count).